The Kier molecular flexibility index (Phi) is 3.56. The van der Waals surface area contributed by atoms with Gasteiger partial charge in [0.2, 0.25) is 0 Å². The molecule has 1 heterocycles. The minimum atomic E-state index is -0.303. The van der Waals surface area contributed by atoms with Crippen molar-refractivity contribution in [3.8, 4) is 11.4 Å². The zero-order chi connectivity index (χ0) is 15.1. The Balaban J connectivity index is 2.30. The third-order valence-corrected chi connectivity index (χ3v) is 3.97. The predicted octanol–water partition coefficient (Wildman–Crippen LogP) is 5.36. The smallest absolute Gasteiger partial charge is 0.161 e. The van der Waals surface area contributed by atoms with Crippen LogP contribution < -0.4 is 0 Å². The van der Waals surface area contributed by atoms with Gasteiger partial charge in [-0.15, -0.1) is 0 Å². The van der Waals surface area contributed by atoms with Gasteiger partial charge in [0.1, 0.15) is 11.0 Å². The summed E-state index contributed by atoms with van der Waals surface area (Å²) in [7, 11) is 0. The normalized spacial score (nSPS) is 11.1. The zero-order valence-electron chi connectivity index (χ0n) is 11.4. The van der Waals surface area contributed by atoms with Crippen LogP contribution in [0.1, 0.15) is 11.1 Å². The first kappa shape index (κ1) is 14.2. The number of hydrogen-bond acceptors (Lipinski definition) is 2. The fourth-order valence-corrected chi connectivity index (χ4v) is 2.70. The molecule has 0 bridgehead atoms. The number of nitrogens with zero attached hydrogens (tertiary/aromatic N) is 2. The molecule has 0 N–H and O–H groups in total. The molecule has 0 radical (unpaired) electrons. The van der Waals surface area contributed by atoms with E-state index < -0.39 is 0 Å². The van der Waals surface area contributed by atoms with Crippen molar-refractivity contribution in [2.45, 2.75) is 13.8 Å². The molecule has 0 aliphatic heterocycles. The highest BCUT2D eigenvalue weighted by molar-refractivity contribution is 6.38. The van der Waals surface area contributed by atoms with Crippen LogP contribution in [0, 0.1) is 19.7 Å². The third kappa shape index (κ3) is 2.47. The Morgan fingerprint density at radius 2 is 1.67 bits per heavy atom. The highest BCUT2D eigenvalue weighted by Gasteiger charge is 2.13. The summed E-state index contributed by atoms with van der Waals surface area (Å²) in [6.45, 7) is 3.62. The van der Waals surface area contributed by atoms with Crippen molar-refractivity contribution in [3.63, 3.8) is 0 Å². The van der Waals surface area contributed by atoms with Gasteiger partial charge in [-0.3, -0.25) is 0 Å². The Morgan fingerprint density at radius 3 is 2.38 bits per heavy atom. The lowest BCUT2D eigenvalue weighted by atomic mass is 10.1. The van der Waals surface area contributed by atoms with Gasteiger partial charge in [-0.2, -0.15) is 0 Å². The Labute approximate surface area is 131 Å². The van der Waals surface area contributed by atoms with E-state index in [2.05, 4.69) is 9.97 Å². The van der Waals surface area contributed by atoms with E-state index >= 15 is 0 Å². The summed E-state index contributed by atoms with van der Waals surface area (Å²) < 4.78 is 13.7. The largest absolute Gasteiger partial charge is 0.226 e. The van der Waals surface area contributed by atoms with Crippen LogP contribution in [0.15, 0.2) is 30.3 Å². The molecular formula is C16H11Cl2FN2. The highest BCUT2D eigenvalue weighted by Crippen LogP contribution is 2.31. The van der Waals surface area contributed by atoms with Crippen LogP contribution in [0.3, 0.4) is 0 Å². The molecule has 0 fully saturated rings. The summed E-state index contributed by atoms with van der Waals surface area (Å²) in [5.74, 6) is 0.0570. The number of fused-ring (bicyclic) bond motifs is 1. The maximum absolute atomic E-state index is 13.7. The number of rotatable bonds is 1. The van der Waals surface area contributed by atoms with E-state index in [1.165, 1.54) is 6.07 Å². The summed E-state index contributed by atoms with van der Waals surface area (Å²) >= 11 is 12.5. The zero-order valence-corrected chi connectivity index (χ0v) is 12.9. The number of halogens is 3. The van der Waals surface area contributed by atoms with Gasteiger partial charge in [0.05, 0.1) is 10.5 Å². The van der Waals surface area contributed by atoms with E-state index in [4.69, 9.17) is 23.2 Å². The monoisotopic (exact) mass is 320 g/mol. The summed E-state index contributed by atoms with van der Waals surface area (Å²) in [5, 5.41) is 1.53. The predicted molar refractivity (Wildman–Crippen MR) is 84.4 cm³/mol. The maximum Gasteiger partial charge on any atom is 0.161 e. The Bertz CT molecular complexity index is 863. The van der Waals surface area contributed by atoms with Crippen LogP contribution in [0.25, 0.3) is 22.3 Å². The molecule has 0 spiro atoms. The first-order valence-corrected chi connectivity index (χ1v) is 7.12. The fraction of sp³-hybridized carbons (Fsp3) is 0.125. The molecule has 0 amide bonds. The molecular weight excluding hydrogens is 310 g/mol. The van der Waals surface area contributed by atoms with Crippen molar-refractivity contribution >= 4 is 34.1 Å². The quantitative estimate of drug-likeness (QED) is 0.564. The molecule has 21 heavy (non-hydrogen) atoms. The number of hydrogen-bond donors (Lipinski definition) is 0. The van der Waals surface area contributed by atoms with Crippen molar-refractivity contribution < 1.29 is 4.39 Å². The first-order chi connectivity index (χ1) is 9.97. The van der Waals surface area contributed by atoms with Crippen LogP contribution in [0.5, 0.6) is 0 Å². The molecule has 0 saturated carbocycles. The average Bonchev–Trinajstić information content (AvgIpc) is 2.45. The fourth-order valence-electron chi connectivity index (χ4n) is 2.18. The first-order valence-electron chi connectivity index (χ1n) is 6.36. The standard InChI is InChI=1S/C16H11Cl2FN2/c1-8-3-5-10(7-12(8)19)16-20-14-11(17)6-4-9(2)13(14)15(18)21-16/h3-7H,1-2H3. The number of aryl methyl sites for hydroxylation is 2. The molecule has 2 nitrogen and oxygen atoms in total. The van der Waals surface area contributed by atoms with Crippen molar-refractivity contribution in [1.82, 2.24) is 9.97 Å². The molecule has 2 aromatic carbocycles. The molecule has 0 atom stereocenters. The summed E-state index contributed by atoms with van der Waals surface area (Å²) in [6, 6.07) is 8.48. The number of aromatic nitrogens is 2. The van der Waals surface area contributed by atoms with E-state index in [-0.39, 0.29) is 5.82 Å². The molecule has 3 rings (SSSR count). The molecule has 5 heteroatoms. The molecule has 0 aliphatic rings. The minimum Gasteiger partial charge on any atom is -0.226 e. The second-order valence-electron chi connectivity index (χ2n) is 4.89. The van der Waals surface area contributed by atoms with Crippen LogP contribution in [-0.2, 0) is 0 Å². The van der Waals surface area contributed by atoms with Crippen molar-refractivity contribution in [1.29, 1.82) is 0 Å². The van der Waals surface area contributed by atoms with Crippen LogP contribution in [0.4, 0.5) is 4.39 Å². The lowest BCUT2D eigenvalue weighted by Gasteiger charge is -2.08. The van der Waals surface area contributed by atoms with Gasteiger partial charge in [-0.05, 0) is 37.1 Å². The summed E-state index contributed by atoms with van der Waals surface area (Å²) in [6.07, 6.45) is 0. The lowest BCUT2D eigenvalue weighted by Crippen LogP contribution is -1.95. The van der Waals surface area contributed by atoms with Gasteiger partial charge < -0.3 is 0 Å². The average molecular weight is 321 g/mol. The minimum absolute atomic E-state index is 0.303. The van der Waals surface area contributed by atoms with Crippen LogP contribution in [-0.4, -0.2) is 9.97 Å². The SMILES string of the molecule is Cc1ccc(-c2nc(Cl)c3c(C)ccc(Cl)c3n2)cc1F. The van der Waals surface area contributed by atoms with Gasteiger partial charge in [-0.25, -0.2) is 14.4 Å². The Hall–Kier alpha value is -1.71. The third-order valence-electron chi connectivity index (χ3n) is 3.40. The topological polar surface area (TPSA) is 25.8 Å². The number of benzene rings is 2. The Morgan fingerprint density at radius 1 is 0.952 bits per heavy atom. The maximum atomic E-state index is 13.7. The molecule has 0 unspecified atom stereocenters. The molecule has 106 valence electrons. The second-order valence-corrected chi connectivity index (χ2v) is 5.66. The molecule has 1 aromatic heterocycles. The van der Waals surface area contributed by atoms with Crippen molar-refractivity contribution in [2.75, 3.05) is 0 Å². The van der Waals surface area contributed by atoms with Gasteiger partial charge in [0.25, 0.3) is 0 Å². The van der Waals surface area contributed by atoms with Crippen molar-refractivity contribution in [2.24, 2.45) is 0 Å². The van der Waals surface area contributed by atoms with Crippen LogP contribution >= 0.6 is 23.2 Å². The molecule has 0 aliphatic carbocycles. The van der Waals surface area contributed by atoms with E-state index in [0.29, 0.717) is 32.6 Å². The van der Waals surface area contributed by atoms with Gasteiger partial charge in [0.15, 0.2) is 5.82 Å². The van der Waals surface area contributed by atoms with Gasteiger partial charge >= 0.3 is 0 Å². The van der Waals surface area contributed by atoms with E-state index in [1.807, 2.05) is 13.0 Å². The van der Waals surface area contributed by atoms with E-state index in [0.717, 1.165) is 10.9 Å². The van der Waals surface area contributed by atoms with Gasteiger partial charge in [0, 0.05) is 10.9 Å². The summed E-state index contributed by atoms with van der Waals surface area (Å²) in [4.78, 5) is 8.72. The van der Waals surface area contributed by atoms with E-state index in [9.17, 15) is 4.39 Å². The lowest BCUT2D eigenvalue weighted by molar-refractivity contribution is 0.619. The second kappa shape index (κ2) is 5.24. The highest BCUT2D eigenvalue weighted by atomic mass is 35.5. The summed E-state index contributed by atoms with van der Waals surface area (Å²) in [5.41, 5.74) is 2.66. The van der Waals surface area contributed by atoms with E-state index in [1.54, 1.807) is 25.1 Å². The van der Waals surface area contributed by atoms with Gasteiger partial charge in [-0.1, -0.05) is 41.4 Å². The molecule has 0 saturated heterocycles. The molecule has 3 aromatic rings. The van der Waals surface area contributed by atoms with Crippen LogP contribution in [0.2, 0.25) is 10.2 Å². The van der Waals surface area contributed by atoms with Crippen molar-refractivity contribution in [3.05, 3.63) is 57.5 Å².